The van der Waals surface area contributed by atoms with Gasteiger partial charge in [-0.3, -0.25) is 4.79 Å². The van der Waals surface area contributed by atoms with E-state index in [9.17, 15) is 13.6 Å². The lowest BCUT2D eigenvalue weighted by Crippen LogP contribution is -2.37. The Morgan fingerprint density at radius 1 is 1.44 bits per heavy atom. The molecule has 1 atom stereocenters. The number of hydrogen-bond donors (Lipinski definition) is 2. The van der Waals surface area contributed by atoms with Gasteiger partial charge in [-0.25, -0.2) is 8.78 Å². The van der Waals surface area contributed by atoms with Crippen LogP contribution in [0.25, 0.3) is 0 Å². The zero-order valence-electron chi connectivity index (χ0n) is 9.60. The van der Waals surface area contributed by atoms with Gasteiger partial charge in [0.1, 0.15) is 5.82 Å². The number of amides is 1. The summed E-state index contributed by atoms with van der Waals surface area (Å²) >= 11 is 5.71. The van der Waals surface area contributed by atoms with Gasteiger partial charge in [0.15, 0.2) is 5.82 Å². The number of rotatable bonds is 2. The summed E-state index contributed by atoms with van der Waals surface area (Å²) in [4.78, 5) is 11.9. The Labute approximate surface area is 109 Å². The van der Waals surface area contributed by atoms with Crippen LogP contribution in [0.3, 0.4) is 0 Å². The highest BCUT2D eigenvalue weighted by Gasteiger charge is 2.22. The molecule has 1 aromatic rings. The SMILES string of the molecule is O=C(Nc1c(F)cc(F)cc1Cl)C1CCCNC1. The normalized spacial score (nSPS) is 19.6. The van der Waals surface area contributed by atoms with Crippen LogP contribution in [0.5, 0.6) is 0 Å². The first-order chi connectivity index (χ1) is 8.58. The molecule has 1 unspecified atom stereocenters. The summed E-state index contributed by atoms with van der Waals surface area (Å²) in [6, 6.07) is 1.67. The predicted octanol–water partition coefficient (Wildman–Crippen LogP) is 2.56. The molecular formula is C12H13ClF2N2O. The average molecular weight is 275 g/mol. The van der Waals surface area contributed by atoms with Gasteiger partial charge in [0.05, 0.1) is 16.6 Å². The maximum atomic E-state index is 13.5. The highest BCUT2D eigenvalue weighted by atomic mass is 35.5. The van der Waals surface area contributed by atoms with Gasteiger partial charge < -0.3 is 10.6 Å². The van der Waals surface area contributed by atoms with Crippen molar-refractivity contribution in [2.45, 2.75) is 12.8 Å². The Balaban J connectivity index is 2.11. The average Bonchev–Trinajstić information content (AvgIpc) is 2.34. The fourth-order valence-corrected chi connectivity index (χ4v) is 2.20. The number of piperidine rings is 1. The number of hydrogen-bond acceptors (Lipinski definition) is 2. The smallest absolute Gasteiger partial charge is 0.228 e. The van der Waals surface area contributed by atoms with E-state index in [1.165, 1.54) is 0 Å². The van der Waals surface area contributed by atoms with Crippen LogP contribution in [0.1, 0.15) is 12.8 Å². The summed E-state index contributed by atoms with van der Waals surface area (Å²) in [7, 11) is 0. The first-order valence-corrected chi connectivity index (χ1v) is 6.12. The van der Waals surface area contributed by atoms with Gasteiger partial charge >= 0.3 is 0 Å². The largest absolute Gasteiger partial charge is 0.322 e. The molecule has 0 aliphatic carbocycles. The fourth-order valence-electron chi connectivity index (χ4n) is 1.96. The van der Waals surface area contributed by atoms with E-state index < -0.39 is 11.6 Å². The minimum Gasteiger partial charge on any atom is -0.322 e. The summed E-state index contributed by atoms with van der Waals surface area (Å²) in [5, 5.41) is 5.38. The molecule has 6 heteroatoms. The number of carbonyl (C=O) groups is 1. The van der Waals surface area contributed by atoms with Crippen LogP contribution in [-0.4, -0.2) is 19.0 Å². The number of halogens is 3. The summed E-state index contributed by atoms with van der Waals surface area (Å²) in [6.07, 6.45) is 1.65. The fraction of sp³-hybridized carbons (Fsp3) is 0.417. The Hall–Kier alpha value is -1.20. The van der Waals surface area contributed by atoms with Gasteiger partial charge in [-0.1, -0.05) is 11.6 Å². The molecule has 3 nitrogen and oxygen atoms in total. The van der Waals surface area contributed by atoms with Crippen molar-refractivity contribution in [2.24, 2.45) is 5.92 Å². The van der Waals surface area contributed by atoms with Crippen LogP contribution in [0.2, 0.25) is 5.02 Å². The summed E-state index contributed by atoms with van der Waals surface area (Å²) in [6.45, 7) is 1.45. The van der Waals surface area contributed by atoms with E-state index in [1.54, 1.807) is 0 Å². The Kier molecular flexibility index (Phi) is 4.14. The molecule has 0 spiro atoms. The van der Waals surface area contributed by atoms with Crippen LogP contribution >= 0.6 is 11.6 Å². The summed E-state index contributed by atoms with van der Waals surface area (Å²) in [5.74, 6) is -2.14. The molecule has 0 saturated carbocycles. The van der Waals surface area contributed by atoms with Crippen molar-refractivity contribution in [1.29, 1.82) is 0 Å². The van der Waals surface area contributed by atoms with Gasteiger partial charge in [-0.2, -0.15) is 0 Å². The van der Waals surface area contributed by atoms with E-state index in [0.717, 1.165) is 25.5 Å². The highest BCUT2D eigenvalue weighted by molar-refractivity contribution is 6.33. The lowest BCUT2D eigenvalue weighted by Gasteiger charge is -2.22. The second-order valence-corrected chi connectivity index (χ2v) is 4.68. The molecule has 0 radical (unpaired) electrons. The Bertz CT molecular complexity index is 438. The molecule has 1 aliphatic rings. The van der Waals surface area contributed by atoms with Gasteiger partial charge in [0.2, 0.25) is 5.91 Å². The summed E-state index contributed by atoms with van der Waals surface area (Å²) in [5.41, 5.74) is -0.159. The molecule has 0 bridgehead atoms. The molecule has 2 N–H and O–H groups in total. The van der Waals surface area contributed by atoms with Crippen LogP contribution in [0.4, 0.5) is 14.5 Å². The van der Waals surface area contributed by atoms with Crippen molar-refractivity contribution in [1.82, 2.24) is 5.32 Å². The minimum atomic E-state index is -0.864. The first kappa shape index (κ1) is 13.2. The van der Waals surface area contributed by atoms with Crippen molar-refractivity contribution in [2.75, 3.05) is 18.4 Å². The number of nitrogens with one attached hydrogen (secondary N) is 2. The lowest BCUT2D eigenvalue weighted by molar-refractivity contribution is -0.120. The molecule has 1 aromatic carbocycles. The predicted molar refractivity (Wildman–Crippen MR) is 65.6 cm³/mol. The minimum absolute atomic E-state index is 0.135. The molecule has 1 aliphatic heterocycles. The monoisotopic (exact) mass is 274 g/mol. The van der Waals surface area contributed by atoms with Crippen molar-refractivity contribution in [3.8, 4) is 0 Å². The molecule has 1 amide bonds. The molecule has 1 heterocycles. The summed E-state index contributed by atoms with van der Waals surface area (Å²) < 4.78 is 26.3. The first-order valence-electron chi connectivity index (χ1n) is 5.74. The topological polar surface area (TPSA) is 41.1 Å². The van der Waals surface area contributed by atoms with E-state index in [1.807, 2.05) is 0 Å². The Morgan fingerprint density at radius 3 is 2.83 bits per heavy atom. The van der Waals surface area contributed by atoms with Crippen molar-refractivity contribution in [3.63, 3.8) is 0 Å². The third kappa shape index (κ3) is 2.97. The molecule has 1 fully saturated rings. The van der Waals surface area contributed by atoms with Gasteiger partial charge in [-0.05, 0) is 25.5 Å². The van der Waals surface area contributed by atoms with E-state index >= 15 is 0 Å². The van der Waals surface area contributed by atoms with E-state index in [4.69, 9.17) is 11.6 Å². The van der Waals surface area contributed by atoms with Crippen LogP contribution in [-0.2, 0) is 4.79 Å². The third-order valence-corrected chi connectivity index (χ3v) is 3.22. The van der Waals surface area contributed by atoms with Crippen molar-refractivity contribution >= 4 is 23.2 Å². The van der Waals surface area contributed by atoms with E-state index in [2.05, 4.69) is 10.6 Å². The van der Waals surface area contributed by atoms with Crippen LogP contribution < -0.4 is 10.6 Å². The molecule has 98 valence electrons. The lowest BCUT2D eigenvalue weighted by atomic mass is 9.99. The van der Waals surface area contributed by atoms with Crippen molar-refractivity contribution in [3.05, 3.63) is 28.8 Å². The maximum Gasteiger partial charge on any atom is 0.228 e. The number of benzene rings is 1. The molecule has 18 heavy (non-hydrogen) atoms. The molecule has 0 aromatic heterocycles. The van der Waals surface area contributed by atoms with E-state index in [0.29, 0.717) is 12.6 Å². The second kappa shape index (κ2) is 5.63. The van der Waals surface area contributed by atoms with Crippen LogP contribution in [0, 0.1) is 17.6 Å². The molecular weight excluding hydrogens is 262 g/mol. The quantitative estimate of drug-likeness (QED) is 0.870. The number of anilines is 1. The van der Waals surface area contributed by atoms with Crippen molar-refractivity contribution < 1.29 is 13.6 Å². The molecule has 1 saturated heterocycles. The second-order valence-electron chi connectivity index (χ2n) is 4.28. The zero-order chi connectivity index (χ0) is 13.1. The standard InChI is InChI=1S/C12H13ClF2N2O/c13-9-4-8(14)5-10(15)11(9)17-12(18)7-2-1-3-16-6-7/h4-5,7,16H,1-3,6H2,(H,17,18). The zero-order valence-corrected chi connectivity index (χ0v) is 10.4. The van der Waals surface area contributed by atoms with Gasteiger partial charge in [0, 0.05) is 12.6 Å². The van der Waals surface area contributed by atoms with Gasteiger partial charge in [0.25, 0.3) is 0 Å². The molecule has 2 rings (SSSR count). The number of carbonyl (C=O) groups excluding carboxylic acids is 1. The van der Waals surface area contributed by atoms with Crippen LogP contribution in [0.15, 0.2) is 12.1 Å². The van der Waals surface area contributed by atoms with E-state index in [-0.39, 0.29) is 22.5 Å². The van der Waals surface area contributed by atoms with Gasteiger partial charge in [-0.15, -0.1) is 0 Å². The maximum absolute atomic E-state index is 13.5. The highest BCUT2D eigenvalue weighted by Crippen LogP contribution is 2.27. The Morgan fingerprint density at radius 2 is 2.22 bits per heavy atom. The third-order valence-electron chi connectivity index (χ3n) is 2.92.